The maximum atomic E-state index is 5.40. The molecule has 1 N–H and O–H groups in total. The molecule has 19 heavy (non-hydrogen) atoms. The highest BCUT2D eigenvalue weighted by Crippen LogP contribution is 2.09. The first-order chi connectivity index (χ1) is 9.17. The molecule has 1 unspecified atom stereocenters. The van der Waals surface area contributed by atoms with Crippen LogP contribution in [0.2, 0.25) is 0 Å². The van der Waals surface area contributed by atoms with Gasteiger partial charge >= 0.3 is 0 Å². The fourth-order valence-corrected chi connectivity index (χ4v) is 2.17. The van der Waals surface area contributed by atoms with Gasteiger partial charge in [0.1, 0.15) is 0 Å². The van der Waals surface area contributed by atoms with E-state index in [9.17, 15) is 0 Å². The Hall–Kier alpha value is -0.870. The van der Waals surface area contributed by atoms with Crippen molar-refractivity contribution < 1.29 is 4.74 Å². The molecule has 1 aromatic rings. The van der Waals surface area contributed by atoms with Crippen molar-refractivity contribution >= 4 is 0 Å². The molecular formula is C15H29N3O. The molecule has 0 amide bonds. The van der Waals surface area contributed by atoms with Crippen LogP contribution in [0.3, 0.4) is 0 Å². The van der Waals surface area contributed by atoms with E-state index in [0.29, 0.717) is 12.1 Å². The normalized spacial score (nSPS) is 13.1. The fraction of sp³-hybridized carbons (Fsp3) is 0.800. The molecule has 0 spiro atoms. The third kappa shape index (κ3) is 6.21. The molecule has 0 aromatic carbocycles. The molecule has 4 nitrogen and oxygen atoms in total. The molecular weight excluding hydrogens is 238 g/mol. The predicted molar refractivity (Wildman–Crippen MR) is 79.5 cm³/mol. The van der Waals surface area contributed by atoms with Crippen molar-refractivity contribution in [2.45, 2.75) is 59.0 Å². The van der Waals surface area contributed by atoms with E-state index in [0.717, 1.165) is 39.0 Å². The van der Waals surface area contributed by atoms with Gasteiger partial charge in [0.05, 0.1) is 5.69 Å². The van der Waals surface area contributed by atoms with Crippen LogP contribution in [0, 0.1) is 0 Å². The Morgan fingerprint density at radius 2 is 2.16 bits per heavy atom. The lowest BCUT2D eigenvalue weighted by Crippen LogP contribution is -2.31. The van der Waals surface area contributed by atoms with Crippen LogP contribution >= 0.6 is 0 Å². The minimum absolute atomic E-state index is 0.435. The van der Waals surface area contributed by atoms with Crippen LogP contribution in [0.15, 0.2) is 12.3 Å². The summed E-state index contributed by atoms with van der Waals surface area (Å²) in [5, 5.41) is 8.16. The van der Waals surface area contributed by atoms with Gasteiger partial charge in [-0.25, -0.2) is 0 Å². The molecule has 0 bridgehead atoms. The lowest BCUT2D eigenvalue weighted by molar-refractivity contribution is 0.140. The molecule has 0 aliphatic carbocycles. The number of hydrogen-bond acceptors (Lipinski definition) is 3. The molecule has 110 valence electrons. The van der Waals surface area contributed by atoms with Crippen LogP contribution in [0.25, 0.3) is 0 Å². The van der Waals surface area contributed by atoms with E-state index < -0.39 is 0 Å². The van der Waals surface area contributed by atoms with E-state index in [2.05, 4.69) is 43.4 Å². The van der Waals surface area contributed by atoms with Gasteiger partial charge in [0.25, 0.3) is 0 Å². The van der Waals surface area contributed by atoms with E-state index >= 15 is 0 Å². The van der Waals surface area contributed by atoms with Gasteiger partial charge < -0.3 is 10.1 Å². The molecule has 1 heterocycles. The predicted octanol–water partition coefficient (Wildman–Crippen LogP) is 2.80. The van der Waals surface area contributed by atoms with Crippen LogP contribution in [-0.2, 0) is 11.2 Å². The lowest BCUT2D eigenvalue weighted by atomic mass is 10.1. The Labute approximate surface area is 117 Å². The molecule has 1 aromatic heterocycles. The number of ether oxygens (including phenoxy) is 1. The van der Waals surface area contributed by atoms with Gasteiger partial charge in [0.15, 0.2) is 0 Å². The summed E-state index contributed by atoms with van der Waals surface area (Å²) in [5.41, 5.74) is 1.18. The summed E-state index contributed by atoms with van der Waals surface area (Å²) >= 11 is 0. The van der Waals surface area contributed by atoms with Crippen molar-refractivity contribution in [1.29, 1.82) is 0 Å². The lowest BCUT2D eigenvalue weighted by Gasteiger charge is -2.16. The molecule has 0 fully saturated rings. The highest BCUT2D eigenvalue weighted by molar-refractivity contribution is 5.02. The summed E-state index contributed by atoms with van der Waals surface area (Å²) in [4.78, 5) is 0. The Kier molecular flexibility index (Phi) is 7.75. The SMILES string of the molecule is CCNC(CCCOCC)Cc1ccn(C(C)C)n1. The first-order valence-electron chi connectivity index (χ1n) is 7.52. The summed E-state index contributed by atoms with van der Waals surface area (Å²) in [6.45, 7) is 11.2. The summed E-state index contributed by atoms with van der Waals surface area (Å²) in [5.74, 6) is 0. The number of aromatic nitrogens is 2. The number of nitrogens with zero attached hydrogens (tertiary/aromatic N) is 2. The largest absolute Gasteiger partial charge is 0.382 e. The van der Waals surface area contributed by atoms with Gasteiger partial charge in [0, 0.05) is 37.9 Å². The van der Waals surface area contributed by atoms with Crippen molar-refractivity contribution in [3.05, 3.63) is 18.0 Å². The maximum Gasteiger partial charge on any atom is 0.0640 e. The first-order valence-corrected chi connectivity index (χ1v) is 7.52. The highest BCUT2D eigenvalue weighted by atomic mass is 16.5. The molecule has 1 atom stereocenters. The molecule has 1 rings (SSSR count). The van der Waals surface area contributed by atoms with Gasteiger partial charge in [-0.2, -0.15) is 5.10 Å². The molecule has 0 saturated heterocycles. The van der Waals surface area contributed by atoms with Crippen LogP contribution in [0.5, 0.6) is 0 Å². The average Bonchev–Trinajstić information content (AvgIpc) is 2.83. The van der Waals surface area contributed by atoms with E-state index in [-0.39, 0.29) is 0 Å². The minimum Gasteiger partial charge on any atom is -0.382 e. The first kappa shape index (κ1) is 16.2. The summed E-state index contributed by atoms with van der Waals surface area (Å²) in [6, 6.07) is 3.07. The quantitative estimate of drug-likeness (QED) is 0.663. The van der Waals surface area contributed by atoms with E-state index in [1.807, 2.05) is 11.6 Å². The summed E-state index contributed by atoms with van der Waals surface area (Å²) in [7, 11) is 0. The molecule has 4 heteroatoms. The van der Waals surface area contributed by atoms with E-state index in [4.69, 9.17) is 4.74 Å². The minimum atomic E-state index is 0.435. The second kappa shape index (κ2) is 9.10. The average molecular weight is 267 g/mol. The maximum absolute atomic E-state index is 5.40. The number of rotatable bonds is 10. The zero-order chi connectivity index (χ0) is 14.1. The van der Waals surface area contributed by atoms with Crippen LogP contribution in [-0.4, -0.2) is 35.6 Å². The van der Waals surface area contributed by atoms with Crippen LogP contribution < -0.4 is 5.32 Å². The molecule has 0 aliphatic heterocycles. The van der Waals surface area contributed by atoms with Crippen LogP contribution in [0.1, 0.15) is 52.3 Å². The third-order valence-corrected chi connectivity index (χ3v) is 3.19. The van der Waals surface area contributed by atoms with Gasteiger partial charge in [0.2, 0.25) is 0 Å². The number of hydrogen-bond donors (Lipinski definition) is 1. The molecule has 0 saturated carbocycles. The Morgan fingerprint density at radius 1 is 1.37 bits per heavy atom. The topological polar surface area (TPSA) is 39.1 Å². The van der Waals surface area contributed by atoms with Gasteiger partial charge in [-0.15, -0.1) is 0 Å². The summed E-state index contributed by atoms with van der Waals surface area (Å²) < 4.78 is 7.43. The monoisotopic (exact) mass is 267 g/mol. The second-order valence-corrected chi connectivity index (χ2v) is 5.18. The molecule has 0 radical (unpaired) electrons. The van der Waals surface area contributed by atoms with Crippen LogP contribution in [0.4, 0.5) is 0 Å². The third-order valence-electron chi connectivity index (χ3n) is 3.19. The smallest absolute Gasteiger partial charge is 0.0640 e. The van der Waals surface area contributed by atoms with Gasteiger partial charge in [-0.1, -0.05) is 6.92 Å². The fourth-order valence-electron chi connectivity index (χ4n) is 2.17. The van der Waals surface area contributed by atoms with Gasteiger partial charge in [-0.05, 0) is 46.2 Å². The number of nitrogens with one attached hydrogen (secondary N) is 1. The van der Waals surface area contributed by atoms with E-state index in [1.54, 1.807) is 0 Å². The summed E-state index contributed by atoms with van der Waals surface area (Å²) in [6.07, 6.45) is 5.32. The highest BCUT2D eigenvalue weighted by Gasteiger charge is 2.11. The van der Waals surface area contributed by atoms with Gasteiger partial charge in [-0.3, -0.25) is 4.68 Å². The Balaban J connectivity index is 2.42. The van der Waals surface area contributed by atoms with Crippen molar-refractivity contribution in [3.8, 4) is 0 Å². The number of likely N-dealkylation sites (N-methyl/N-ethyl adjacent to an activating group) is 1. The van der Waals surface area contributed by atoms with Crippen molar-refractivity contribution in [2.75, 3.05) is 19.8 Å². The van der Waals surface area contributed by atoms with E-state index in [1.165, 1.54) is 5.69 Å². The standard InChI is InChI=1S/C15H29N3O/c1-5-16-14(8-7-11-19-6-2)12-15-9-10-18(17-15)13(3)4/h9-10,13-14,16H,5-8,11-12H2,1-4H3. The van der Waals surface area contributed by atoms with Crippen molar-refractivity contribution in [3.63, 3.8) is 0 Å². The zero-order valence-corrected chi connectivity index (χ0v) is 12.9. The van der Waals surface area contributed by atoms with Crippen molar-refractivity contribution in [2.24, 2.45) is 0 Å². The Morgan fingerprint density at radius 3 is 2.74 bits per heavy atom. The van der Waals surface area contributed by atoms with Crippen molar-refractivity contribution in [1.82, 2.24) is 15.1 Å². The zero-order valence-electron chi connectivity index (χ0n) is 12.9. The second-order valence-electron chi connectivity index (χ2n) is 5.18. The molecule has 0 aliphatic rings. The Bertz CT molecular complexity index is 336.